The molecule has 3 aliphatic rings. The molecule has 1 aromatic heterocycles. The number of hydrogen-bond acceptors (Lipinski definition) is 5. The predicted octanol–water partition coefficient (Wildman–Crippen LogP) is 1.70. The van der Waals surface area contributed by atoms with Crippen molar-refractivity contribution in [1.82, 2.24) is 20.5 Å². The molecule has 28 heavy (non-hydrogen) atoms. The second-order valence-corrected chi connectivity index (χ2v) is 8.99. The zero-order chi connectivity index (χ0) is 19.7. The third-order valence-corrected chi connectivity index (χ3v) is 6.70. The van der Waals surface area contributed by atoms with Crippen LogP contribution in [0.2, 0.25) is 0 Å². The molecule has 2 bridgehead atoms. The molecule has 0 spiro atoms. The fraction of sp³-hybridized carbons (Fsp3) is 0.600. The summed E-state index contributed by atoms with van der Waals surface area (Å²) in [4.78, 5) is 36.9. The molecule has 2 amide bonds. The van der Waals surface area contributed by atoms with E-state index in [2.05, 4.69) is 32.8 Å². The molecule has 8 heteroatoms. The summed E-state index contributed by atoms with van der Waals surface area (Å²) < 4.78 is 0. The van der Waals surface area contributed by atoms with E-state index in [1.165, 1.54) is 9.78 Å². The largest absolute Gasteiger partial charge is 0.357 e. The lowest BCUT2D eigenvalue weighted by Gasteiger charge is -2.18. The van der Waals surface area contributed by atoms with Crippen LogP contribution in [0, 0.1) is 30.6 Å². The Balaban J connectivity index is 1.26. The van der Waals surface area contributed by atoms with Crippen LogP contribution in [0.4, 0.5) is 0 Å². The zero-order valence-electron chi connectivity index (χ0n) is 16.4. The summed E-state index contributed by atoms with van der Waals surface area (Å²) in [5.74, 6) is 1.15. The molecule has 2 fully saturated rings. The maximum Gasteiger partial charge on any atom is 0.233 e. The number of thiazole rings is 1. The van der Waals surface area contributed by atoms with E-state index >= 15 is 0 Å². The molecule has 4 rings (SSSR count). The van der Waals surface area contributed by atoms with E-state index in [0.717, 1.165) is 23.9 Å². The molecule has 2 heterocycles. The van der Waals surface area contributed by atoms with Crippen molar-refractivity contribution in [2.75, 3.05) is 19.6 Å². The minimum atomic E-state index is -0.101. The van der Waals surface area contributed by atoms with Crippen LogP contribution in [0.25, 0.3) is 0 Å². The van der Waals surface area contributed by atoms with Crippen molar-refractivity contribution in [3.8, 4) is 0 Å². The summed E-state index contributed by atoms with van der Waals surface area (Å²) in [6, 6.07) is 0. The number of carbonyl (C=O) groups excluding carboxylic acids is 2. The van der Waals surface area contributed by atoms with Crippen LogP contribution in [-0.4, -0.2) is 47.3 Å². The highest BCUT2D eigenvalue weighted by Gasteiger charge is 2.58. The molecule has 0 radical (unpaired) electrons. The van der Waals surface area contributed by atoms with Crippen LogP contribution in [0.5, 0.6) is 0 Å². The van der Waals surface area contributed by atoms with Crippen LogP contribution in [0.1, 0.15) is 29.7 Å². The van der Waals surface area contributed by atoms with Crippen LogP contribution >= 0.6 is 11.3 Å². The maximum atomic E-state index is 12.7. The van der Waals surface area contributed by atoms with Gasteiger partial charge in [0.2, 0.25) is 11.8 Å². The van der Waals surface area contributed by atoms with Gasteiger partial charge in [-0.2, -0.15) is 0 Å². The number of nitrogens with zero attached hydrogens (tertiary/aromatic N) is 3. The lowest BCUT2D eigenvalue weighted by molar-refractivity contribution is -0.140. The Morgan fingerprint density at radius 1 is 1.25 bits per heavy atom. The van der Waals surface area contributed by atoms with E-state index in [0.29, 0.717) is 26.1 Å². The fourth-order valence-corrected chi connectivity index (χ4v) is 5.30. The number of imide groups is 1. The average molecular weight is 402 g/mol. The fourth-order valence-electron chi connectivity index (χ4n) is 4.59. The summed E-state index contributed by atoms with van der Waals surface area (Å²) in [6.07, 6.45) is 7.80. The normalized spacial score (nSPS) is 28.4. The third kappa shape index (κ3) is 3.57. The number of fused-ring (bicyclic) bond motifs is 5. The molecule has 7 nitrogen and oxygen atoms in total. The molecule has 1 saturated heterocycles. The Bertz CT molecular complexity index is 787. The van der Waals surface area contributed by atoms with Crippen molar-refractivity contribution in [2.24, 2.45) is 28.7 Å². The third-order valence-electron chi connectivity index (χ3n) is 5.80. The van der Waals surface area contributed by atoms with Gasteiger partial charge in [0, 0.05) is 30.7 Å². The van der Waals surface area contributed by atoms with E-state index in [4.69, 9.17) is 0 Å². The van der Waals surface area contributed by atoms with Crippen molar-refractivity contribution in [3.05, 3.63) is 28.2 Å². The summed E-state index contributed by atoms with van der Waals surface area (Å²) in [6.45, 7) is 6.49. The molecule has 1 aliphatic heterocycles. The van der Waals surface area contributed by atoms with Gasteiger partial charge in [-0.3, -0.25) is 14.5 Å². The van der Waals surface area contributed by atoms with Gasteiger partial charge in [0.1, 0.15) is 5.01 Å². The molecular formula is C20H27N5O2S. The molecule has 1 saturated carbocycles. The van der Waals surface area contributed by atoms with E-state index < -0.39 is 0 Å². The number of aromatic nitrogens is 1. The smallest absolute Gasteiger partial charge is 0.233 e. The number of allylic oxidation sites excluding steroid dienone is 2. The Hall–Kier alpha value is -2.22. The van der Waals surface area contributed by atoms with Crippen molar-refractivity contribution in [2.45, 2.75) is 33.2 Å². The standard InChI is InChI=1S/C20H27N5O2S/c1-3-21-20(24-11-15-23-10-12(2)28-15)22-7-4-8-25-18(26)16-13-5-6-14(9-13)17(16)19(25)27/h5-6,10,13-14,16-17H,3-4,7-9,11H2,1-2H3,(H2,21,22,24). The van der Waals surface area contributed by atoms with E-state index in [-0.39, 0.29) is 35.5 Å². The first-order chi connectivity index (χ1) is 13.6. The molecule has 1 aromatic rings. The Kier molecular flexibility index (Phi) is 5.48. The van der Waals surface area contributed by atoms with Gasteiger partial charge in [-0.1, -0.05) is 12.2 Å². The van der Waals surface area contributed by atoms with Gasteiger partial charge in [0.05, 0.1) is 18.4 Å². The van der Waals surface area contributed by atoms with E-state index in [1.54, 1.807) is 11.3 Å². The van der Waals surface area contributed by atoms with Crippen LogP contribution in [0.15, 0.2) is 23.3 Å². The molecular weight excluding hydrogens is 374 g/mol. The number of guanidine groups is 1. The van der Waals surface area contributed by atoms with Crippen LogP contribution < -0.4 is 10.6 Å². The topological polar surface area (TPSA) is 86.7 Å². The highest BCUT2D eigenvalue weighted by Crippen LogP contribution is 2.52. The minimum Gasteiger partial charge on any atom is -0.357 e. The maximum absolute atomic E-state index is 12.7. The van der Waals surface area contributed by atoms with Gasteiger partial charge in [0.15, 0.2) is 5.96 Å². The van der Waals surface area contributed by atoms with E-state index in [9.17, 15) is 9.59 Å². The summed E-state index contributed by atoms with van der Waals surface area (Å²) in [7, 11) is 0. The van der Waals surface area contributed by atoms with Gasteiger partial charge in [-0.15, -0.1) is 11.3 Å². The Labute approximate surface area is 169 Å². The molecule has 4 unspecified atom stereocenters. The second kappa shape index (κ2) is 8.03. The van der Waals surface area contributed by atoms with Crippen LogP contribution in [0.3, 0.4) is 0 Å². The second-order valence-electron chi connectivity index (χ2n) is 7.67. The average Bonchev–Trinajstić information content (AvgIpc) is 3.43. The number of carbonyl (C=O) groups is 2. The molecule has 150 valence electrons. The lowest BCUT2D eigenvalue weighted by atomic mass is 9.85. The zero-order valence-corrected chi connectivity index (χ0v) is 17.2. The molecule has 4 atom stereocenters. The first-order valence-corrected chi connectivity index (χ1v) is 10.9. The summed E-state index contributed by atoms with van der Waals surface area (Å²) in [5, 5.41) is 7.49. The van der Waals surface area contributed by atoms with Gasteiger partial charge in [-0.05, 0) is 38.5 Å². The number of aryl methyl sites for hydroxylation is 1. The number of aliphatic imine (C=N–C) groups is 1. The van der Waals surface area contributed by atoms with Crippen molar-refractivity contribution in [3.63, 3.8) is 0 Å². The van der Waals surface area contributed by atoms with Gasteiger partial charge >= 0.3 is 0 Å². The first-order valence-electron chi connectivity index (χ1n) is 10.1. The molecule has 2 aliphatic carbocycles. The Morgan fingerprint density at radius 3 is 2.57 bits per heavy atom. The first kappa shape index (κ1) is 19.1. The quantitative estimate of drug-likeness (QED) is 0.239. The number of likely N-dealkylation sites (tertiary alicyclic amines) is 1. The highest BCUT2D eigenvalue weighted by molar-refractivity contribution is 7.11. The number of amides is 2. The number of rotatable bonds is 7. The van der Waals surface area contributed by atoms with E-state index in [1.807, 2.05) is 20.0 Å². The summed E-state index contributed by atoms with van der Waals surface area (Å²) in [5.41, 5.74) is 0. The van der Waals surface area contributed by atoms with Crippen molar-refractivity contribution >= 4 is 29.1 Å². The van der Waals surface area contributed by atoms with Crippen LogP contribution in [-0.2, 0) is 16.1 Å². The monoisotopic (exact) mass is 401 g/mol. The van der Waals surface area contributed by atoms with Crippen molar-refractivity contribution < 1.29 is 9.59 Å². The number of nitrogens with one attached hydrogen (secondary N) is 2. The minimum absolute atomic E-state index is 0.0339. The predicted molar refractivity (Wildman–Crippen MR) is 109 cm³/mol. The highest BCUT2D eigenvalue weighted by atomic mass is 32.1. The van der Waals surface area contributed by atoms with Gasteiger partial charge < -0.3 is 10.6 Å². The SMILES string of the molecule is CCNC(=NCc1ncc(C)s1)NCCCN1C(=O)C2C3C=CC(C3)C2C1=O. The summed E-state index contributed by atoms with van der Waals surface area (Å²) >= 11 is 1.65. The number of hydrogen-bond donors (Lipinski definition) is 2. The molecule has 2 N–H and O–H groups in total. The molecule has 0 aromatic carbocycles. The van der Waals surface area contributed by atoms with Crippen molar-refractivity contribution in [1.29, 1.82) is 0 Å². The lowest BCUT2D eigenvalue weighted by Crippen LogP contribution is -2.40. The van der Waals surface area contributed by atoms with Gasteiger partial charge in [-0.25, -0.2) is 9.98 Å². The van der Waals surface area contributed by atoms with Gasteiger partial charge in [0.25, 0.3) is 0 Å². The Morgan fingerprint density at radius 2 is 1.96 bits per heavy atom.